The molecule has 4 aromatic rings. The van der Waals surface area contributed by atoms with Crippen LogP contribution in [0, 0.1) is 6.92 Å². The fourth-order valence-electron chi connectivity index (χ4n) is 4.94. The van der Waals surface area contributed by atoms with E-state index in [1.54, 1.807) is 18.7 Å². The van der Waals surface area contributed by atoms with Crippen LogP contribution >= 0.6 is 0 Å². The van der Waals surface area contributed by atoms with E-state index in [0.717, 1.165) is 60.7 Å². The molecule has 0 atom stereocenters. The molecule has 0 unspecified atom stereocenters. The van der Waals surface area contributed by atoms with E-state index in [-0.39, 0.29) is 11.5 Å². The third-order valence-electron chi connectivity index (χ3n) is 7.03. The second-order valence-corrected chi connectivity index (χ2v) is 9.49. The van der Waals surface area contributed by atoms with Crippen LogP contribution in [0.2, 0.25) is 0 Å². The summed E-state index contributed by atoms with van der Waals surface area (Å²) < 4.78 is 8.75. The summed E-state index contributed by atoms with van der Waals surface area (Å²) in [5.41, 5.74) is 2.93. The van der Waals surface area contributed by atoms with Gasteiger partial charge in [-0.25, -0.2) is 0 Å². The monoisotopic (exact) mass is 488 g/mol. The number of carbonyl (C=O) groups is 1. The molecule has 1 aliphatic rings. The lowest BCUT2D eigenvalue weighted by Crippen LogP contribution is -2.35. The average Bonchev–Trinajstić information content (AvgIpc) is 3.16. The summed E-state index contributed by atoms with van der Waals surface area (Å²) in [4.78, 5) is 30.1. The normalized spacial score (nSPS) is 14.9. The molecule has 188 valence electrons. The third-order valence-corrected chi connectivity index (χ3v) is 7.03. The topological polar surface area (TPSA) is 85.0 Å². The zero-order valence-electron chi connectivity index (χ0n) is 21.1. The maximum Gasteiger partial charge on any atom is 0.262 e. The second kappa shape index (κ2) is 10.1. The third kappa shape index (κ3) is 4.70. The van der Waals surface area contributed by atoms with Crippen LogP contribution in [0.3, 0.4) is 0 Å². The Morgan fingerprint density at radius 2 is 1.83 bits per heavy atom. The van der Waals surface area contributed by atoms with Crippen molar-refractivity contribution in [2.45, 2.75) is 32.7 Å². The predicted octanol–water partition coefficient (Wildman–Crippen LogP) is 2.57. The van der Waals surface area contributed by atoms with E-state index < -0.39 is 0 Å². The standard InChI is InChI=1S/C27H32N6O3/c1-19-5-11-23-22(17-19)26(35)30(2)27-29-28-24(33(23)27)18-31-13-4-14-32(16-15-31)25(34)12-8-20-6-9-21(36-3)10-7-20/h5-7,9-11,17H,4,8,12-16,18H2,1-3H3. The highest BCUT2D eigenvalue weighted by Crippen LogP contribution is 2.18. The minimum absolute atomic E-state index is 0.0706. The maximum atomic E-state index is 12.9. The summed E-state index contributed by atoms with van der Waals surface area (Å²) in [6.07, 6.45) is 2.13. The van der Waals surface area contributed by atoms with Crippen molar-refractivity contribution in [1.82, 2.24) is 29.0 Å². The summed E-state index contributed by atoms with van der Waals surface area (Å²) >= 11 is 0. The van der Waals surface area contributed by atoms with Gasteiger partial charge in [0.2, 0.25) is 11.7 Å². The fourth-order valence-corrected chi connectivity index (χ4v) is 4.94. The number of ether oxygens (including phenoxy) is 1. The van der Waals surface area contributed by atoms with Crippen LogP contribution in [0.5, 0.6) is 5.75 Å². The van der Waals surface area contributed by atoms with E-state index >= 15 is 0 Å². The van der Waals surface area contributed by atoms with Crippen LogP contribution < -0.4 is 10.3 Å². The number of rotatable bonds is 6. The molecule has 2 aromatic carbocycles. The number of benzene rings is 2. The molecule has 9 heteroatoms. The predicted molar refractivity (Wildman–Crippen MR) is 138 cm³/mol. The molecular formula is C27H32N6O3. The van der Waals surface area contributed by atoms with Gasteiger partial charge < -0.3 is 9.64 Å². The Kier molecular flexibility index (Phi) is 6.73. The number of hydrogen-bond acceptors (Lipinski definition) is 6. The first-order valence-corrected chi connectivity index (χ1v) is 12.4. The van der Waals surface area contributed by atoms with Crippen LogP contribution in [-0.2, 0) is 24.8 Å². The van der Waals surface area contributed by atoms with Gasteiger partial charge in [-0.3, -0.25) is 23.5 Å². The van der Waals surface area contributed by atoms with Gasteiger partial charge in [0.25, 0.3) is 5.56 Å². The maximum absolute atomic E-state index is 12.9. The van der Waals surface area contributed by atoms with E-state index in [1.807, 2.05) is 58.7 Å². The Morgan fingerprint density at radius 3 is 2.61 bits per heavy atom. The van der Waals surface area contributed by atoms with Gasteiger partial charge in [0.1, 0.15) is 5.75 Å². The molecule has 36 heavy (non-hydrogen) atoms. The van der Waals surface area contributed by atoms with Crippen LogP contribution in [-0.4, -0.2) is 68.2 Å². The Morgan fingerprint density at radius 1 is 1.03 bits per heavy atom. The van der Waals surface area contributed by atoms with Gasteiger partial charge in [0.15, 0.2) is 5.82 Å². The first-order valence-electron chi connectivity index (χ1n) is 12.4. The summed E-state index contributed by atoms with van der Waals surface area (Å²) in [6, 6.07) is 13.8. The number of hydrogen-bond donors (Lipinski definition) is 0. The molecule has 1 fully saturated rings. The summed E-state index contributed by atoms with van der Waals surface area (Å²) in [5.74, 6) is 2.35. The van der Waals surface area contributed by atoms with Crippen molar-refractivity contribution in [2.75, 3.05) is 33.3 Å². The van der Waals surface area contributed by atoms with Crippen LogP contribution in [0.1, 0.15) is 29.8 Å². The summed E-state index contributed by atoms with van der Waals surface area (Å²) in [6.45, 7) is 5.69. The molecule has 0 bridgehead atoms. The number of amides is 1. The molecule has 0 N–H and O–H groups in total. The number of fused-ring (bicyclic) bond motifs is 3. The number of methoxy groups -OCH3 is 1. The molecule has 1 aliphatic heterocycles. The number of nitrogens with zero attached hydrogens (tertiary/aromatic N) is 6. The molecular weight excluding hydrogens is 456 g/mol. The molecule has 9 nitrogen and oxygen atoms in total. The Labute approximate surface area is 209 Å². The number of carbonyl (C=O) groups excluding carboxylic acids is 1. The molecule has 0 saturated carbocycles. The van der Waals surface area contributed by atoms with Crippen molar-refractivity contribution in [3.05, 3.63) is 69.8 Å². The fraction of sp³-hybridized carbons (Fsp3) is 0.407. The van der Waals surface area contributed by atoms with Crippen molar-refractivity contribution < 1.29 is 9.53 Å². The second-order valence-electron chi connectivity index (χ2n) is 9.49. The lowest BCUT2D eigenvalue weighted by Gasteiger charge is -2.22. The Bertz CT molecular complexity index is 1460. The van der Waals surface area contributed by atoms with Gasteiger partial charge >= 0.3 is 0 Å². The van der Waals surface area contributed by atoms with Gasteiger partial charge in [0, 0.05) is 39.6 Å². The van der Waals surface area contributed by atoms with Crippen LogP contribution in [0.4, 0.5) is 0 Å². The number of aromatic nitrogens is 4. The average molecular weight is 489 g/mol. The lowest BCUT2D eigenvalue weighted by molar-refractivity contribution is -0.131. The largest absolute Gasteiger partial charge is 0.497 e. The van der Waals surface area contributed by atoms with Crippen LogP contribution in [0.15, 0.2) is 47.3 Å². The highest BCUT2D eigenvalue weighted by molar-refractivity contribution is 5.81. The molecule has 1 amide bonds. The van der Waals surface area contributed by atoms with Crippen molar-refractivity contribution >= 4 is 22.6 Å². The first kappa shape index (κ1) is 24.0. The quantitative estimate of drug-likeness (QED) is 0.415. The molecule has 3 heterocycles. The van der Waals surface area contributed by atoms with E-state index in [4.69, 9.17) is 4.74 Å². The van der Waals surface area contributed by atoms with Crippen molar-refractivity contribution in [2.24, 2.45) is 7.05 Å². The smallest absolute Gasteiger partial charge is 0.262 e. The molecule has 2 aromatic heterocycles. The van der Waals surface area contributed by atoms with Crippen molar-refractivity contribution in [3.63, 3.8) is 0 Å². The summed E-state index contributed by atoms with van der Waals surface area (Å²) in [7, 11) is 3.39. The minimum Gasteiger partial charge on any atom is -0.497 e. The van der Waals surface area contributed by atoms with E-state index in [9.17, 15) is 9.59 Å². The number of aryl methyl sites for hydroxylation is 3. The van der Waals surface area contributed by atoms with Gasteiger partial charge in [-0.05, 0) is 49.6 Å². The van der Waals surface area contributed by atoms with Crippen molar-refractivity contribution in [3.8, 4) is 5.75 Å². The molecule has 1 saturated heterocycles. The van der Waals surface area contributed by atoms with Gasteiger partial charge in [-0.1, -0.05) is 23.8 Å². The van der Waals surface area contributed by atoms with E-state index in [1.165, 1.54) is 0 Å². The molecule has 5 rings (SSSR count). The SMILES string of the molecule is COc1ccc(CCC(=O)N2CCCN(Cc3nnc4n(C)c(=O)c5cc(C)ccc5n34)CC2)cc1. The van der Waals surface area contributed by atoms with Gasteiger partial charge in [-0.15, -0.1) is 10.2 Å². The molecule has 0 radical (unpaired) electrons. The zero-order valence-corrected chi connectivity index (χ0v) is 21.1. The zero-order chi connectivity index (χ0) is 25.2. The van der Waals surface area contributed by atoms with E-state index in [0.29, 0.717) is 30.7 Å². The highest BCUT2D eigenvalue weighted by atomic mass is 16.5. The first-order chi connectivity index (χ1) is 17.4. The van der Waals surface area contributed by atoms with E-state index in [2.05, 4.69) is 15.1 Å². The van der Waals surface area contributed by atoms with Crippen LogP contribution in [0.25, 0.3) is 16.7 Å². The lowest BCUT2D eigenvalue weighted by atomic mass is 10.1. The highest BCUT2D eigenvalue weighted by Gasteiger charge is 2.22. The van der Waals surface area contributed by atoms with Crippen molar-refractivity contribution in [1.29, 1.82) is 0 Å². The Hall–Kier alpha value is -3.72. The minimum atomic E-state index is -0.0706. The molecule has 0 aliphatic carbocycles. The summed E-state index contributed by atoms with van der Waals surface area (Å²) in [5, 5.41) is 9.43. The molecule has 0 spiro atoms. The Balaban J connectivity index is 1.27. The van der Waals surface area contributed by atoms with Gasteiger partial charge in [0.05, 0.1) is 24.6 Å². The van der Waals surface area contributed by atoms with Gasteiger partial charge in [-0.2, -0.15) is 0 Å².